The average Bonchev–Trinajstić information content (AvgIpc) is 1.85. The van der Waals surface area contributed by atoms with Crippen LogP contribution in [0, 0.1) is 0 Å². The molecule has 0 aromatic heterocycles. The molecule has 0 aromatic rings. The van der Waals surface area contributed by atoms with Crippen LogP contribution in [-0.2, 0) is 4.74 Å². The maximum atomic E-state index is 4.94. The van der Waals surface area contributed by atoms with Crippen molar-refractivity contribution in [1.82, 2.24) is 5.32 Å². The van der Waals surface area contributed by atoms with Crippen molar-refractivity contribution in [2.24, 2.45) is 0 Å². The van der Waals surface area contributed by atoms with E-state index >= 15 is 0 Å². The summed E-state index contributed by atoms with van der Waals surface area (Å²) in [5.74, 6) is 0. The molecule has 0 spiro atoms. The van der Waals surface area contributed by atoms with Crippen LogP contribution in [0.2, 0.25) is 0 Å². The number of ether oxygens (including phenoxy) is 1. The zero-order valence-electron chi connectivity index (χ0n) is 5.98. The molecular formula is C6H14INO. The Bertz CT molecular complexity index is 61.0. The highest BCUT2D eigenvalue weighted by atomic mass is 127. The number of rotatable bonds is 5. The highest BCUT2D eigenvalue weighted by molar-refractivity contribution is 14.1. The molecule has 9 heavy (non-hydrogen) atoms. The molecule has 3 heteroatoms. The van der Waals surface area contributed by atoms with Gasteiger partial charge in [-0.1, -0.05) is 22.6 Å². The summed E-state index contributed by atoms with van der Waals surface area (Å²) in [5.41, 5.74) is 0. The van der Waals surface area contributed by atoms with Crippen LogP contribution in [0.25, 0.3) is 0 Å². The lowest BCUT2D eigenvalue weighted by molar-refractivity contribution is 0.173. The predicted octanol–water partition coefficient (Wildman–Crippen LogP) is 1.05. The van der Waals surface area contributed by atoms with Crippen molar-refractivity contribution in [3.63, 3.8) is 0 Å². The molecule has 0 heterocycles. The Labute approximate surface area is 70.5 Å². The Hall–Kier alpha value is 0.650. The number of hydrogen-bond acceptors (Lipinski definition) is 2. The second-order valence-corrected chi connectivity index (χ2v) is 3.08. The van der Waals surface area contributed by atoms with Gasteiger partial charge in [0.1, 0.15) is 0 Å². The SMILES string of the molecule is COCC(C)NCCI. The van der Waals surface area contributed by atoms with E-state index in [-0.39, 0.29) is 0 Å². The van der Waals surface area contributed by atoms with Crippen LogP contribution in [0.15, 0.2) is 0 Å². The van der Waals surface area contributed by atoms with Crippen LogP contribution >= 0.6 is 22.6 Å². The molecule has 0 radical (unpaired) electrons. The van der Waals surface area contributed by atoms with Crippen LogP contribution in [0.4, 0.5) is 0 Å². The molecule has 0 aliphatic heterocycles. The minimum atomic E-state index is 0.491. The lowest BCUT2D eigenvalue weighted by atomic mass is 10.4. The standard InChI is InChI=1S/C6H14INO/c1-6(5-9-2)8-4-3-7/h6,8H,3-5H2,1-2H3. The van der Waals surface area contributed by atoms with E-state index in [2.05, 4.69) is 34.8 Å². The van der Waals surface area contributed by atoms with Crippen LogP contribution in [0.1, 0.15) is 6.92 Å². The summed E-state index contributed by atoms with van der Waals surface area (Å²) in [6.07, 6.45) is 0. The van der Waals surface area contributed by atoms with Crippen molar-refractivity contribution in [3.8, 4) is 0 Å². The summed E-state index contributed by atoms with van der Waals surface area (Å²) in [7, 11) is 1.72. The Morgan fingerprint density at radius 2 is 2.33 bits per heavy atom. The van der Waals surface area contributed by atoms with Gasteiger partial charge >= 0.3 is 0 Å². The topological polar surface area (TPSA) is 21.3 Å². The molecule has 56 valence electrons. The van der Waals surface area contributed by atoms with Crippen molar-refractivity contribution in [2.75, 3.05) is 24.7 Å². The quantitative estimate of drug-likeness (QED) is 0.575. The Morgan fingerprint density at radius 1 is 1.67 bits per heavy atom. The first kappa shape index (κ1) is 9.65. The van der Waals surface area contributed by atoms with Gasteiger partial charge in [0.05, 0.1) is 6.61 Å². The van der Waals surface area contributed by atoms with Gasteiger partial charge in [0.25, 0.3) is 0 Å². The zero-order chi connectivity index (χ0) is 7.11. The van der Waals surface area contributed by atoms with Crippen LogP contribution in [0.3, 0.4) is 0 Å². The largest absolute Gasteiger partial charge is 0.383 e. The smallest absolute Gasteiger partial charge is 0.0613 e. The number of hydrogen-bond donors (Lipinski definition) is 1. The minimum Gasteiger partial charge on any atom is -0.383 e. The van der Waals surface area contributed by atoms with Crippen LogP contribution in [0.5, 0.6) is 0 Å². The molecule has 2 nitrogen and oxygen atoms in total. The van der Waals surface area contributed by atoms with Crippen LogP contribution in [-0.4, -0.2) is 30.7 Å². The van der Waals surface area contributed by atoms with Crippen molar-refractivity contribution in [3.05, 3.63) is 0 Å². The van der Waals surface area contributed by atoms with E-state index in [0.29, 0.717) is 6.04 Å². The average molecular weight is 243 g/mol. The molecule has 0 bridgehead atoms. The maximum absolute atomic E-state index is 4.94. The third kappa shape index (κ3) is 6.54. The molecule has 0 aliphatic carbocycles. The molecule has 0 aromatic carbocycles. The van der Waals surface area contributed by atoms with Gasteiger partial charge in [-0.2, -0.15) is 0 Å². The van der Waals surface area contributed by atoms with E-state index in [0.717, 1.165) is 17.6 Å². The lowest BCUT2D eigenvalue weighted by Crippen LogP contribution is -2.31. The summed E-state index contributed by atoms with van der Waals surface area (Å²) in [6, 6.07) is 0.491. The summed E-state index contributed by atoms with van der Waals surface area (Å²) in [6.45, 7) is 4.00. The van der Waals surface area contributed by atoms with Crippen molar-refractivity contribution >= 4 is 22.6 Å². The predicted molar refractivity (Wildman–Crippen MR) is 48.2 cm³/mol. The number of alkyl halides is 1. The Kier molecular flexibility index (Phi) is 7.25. The molecule has 0 saturated heterocycles. The fraction of sp³-hybridized carbons (Fsp3) is 1.00. The summed E-state index contributed by atoms with van der Waals surface area (Å²) in [5, 5.41) is 3.30. The normalized spacial score (nSPS) is 13.7. The Balaban J connectivity index is 2.95. The molecule has 1 atom stereocenters. The highest BCUT2D eigenvalue weighted by Gasteiger charge is 1.96. The summed E-state index contributed by atoms with van der Waals surface area (Å²) in [4.78, 5) is 0. The van der Waals surface area contributed by atoms with Gasteiger partial charge in [-0.05, 0) is 6.92 Å². The molecule has 0 amide bonds. The molecule has 1 N–H and O–H groups in total. The zero-order valence-corrected chi connectivity index (χ0v) is 8.14. The molecule has 0 aliphatic rings. The molecule has 0 saturated carbocycles. The van der Waals surface area contributed by atoms with E-state index < -0.39 is 0 Å². The van der Waals surface area contributed by atoms with E-state index in [1.165, 1.54) is 0 Å². The van der Waals surface area contributed by atoms with E-state index in [1.807, 2.05) is 0 Å². The van der Waals surface area contributed by atoms with Gasteiger partial charge in [0, 0.05) is 24.1 Å². The first-order chi connectivity index (χ1) is 4.31. The van der Waals surface area contributed by atoms with Crippen molar-refractivity contribution < 1.29 is 4.74 Å². The van der Waals surface area contributed by atoms with Gasteiger partial charge in [-0.15, -0.1) is 0 Å². The second kappa shape index (κ2) is 6.77. The summed E-state index contributed by atoms with van der Waals surface area (Å²) < 4.78 is 6.09. The molecular weight excluding hydrogens is 229 g/mol. The highest BCUT2D eigenvalue weighted by Crippen LogP contribution is 1.83. The Morgan fingerprint density at radius 3 is 2.78 bits per heavy atom. The maximum Gasteiger partial charge on any atom is 0.0613 e. The van der Waals surface area contributed by atoms with Gasteiger partial charge in [-0.25, -0.2) is 0 Å². The van der Waals surface area contributed by atoms with Crippen molar-refractivity contribution in [2.45, 2.75) is 13.0 Å². The van der Waals surface area contributed by atoms with Crippen molar-refractivity contribution in [1.29, 1.82) is 0 Å². The van der Waals surface area contributed by atoms with E-state index in [9.17, 15) is 0 Å². The van der Waals surface area contributed by atoms with E-state index in [1.54, 1.807) is 7.11 Å². The third-order valence-corrected chi connectivity index (χ3v) is 1.54. The first-order valence-corrected chi connectivity index (χ1v) is 4.62. The monoisotopic (exact) mass is 243 g/mol. The number of nitrogens with one attached hydrogen (secondary N) is 1. The fourth-order valence-electron chi connectivity index (χ4n) is 0.610. The van der Waals surface area contributed by atoms with Gasteiger partial charge < -0.3 is 10.1 Å². The first-order valence-electron chi connectivity index (χ1n) is 3.09. The van der Waals surface area contributed by atoms with Crippen LogP contribution < -0.4 is 5.32 Å². The van der Waals surface area contributed by atoms with E-state index in [4.69, 9.17) is 4.74 Å². The minimum absolute atomic E-state index is 0.491. The molecule has 0 fully saturated rings. The second-order valence-electron chi connectivity index (χ2n) is 2.00. The molecule has 0 rings (SSSR count). The van der Waals surface area contributed by atoms with Gasteiger partial charge in [0.15, 0.2) is 0 Å². The fourth-order valence-corrected chi connectivity index (χ4v) is 0.921. The third-order valence-electron chi connectivity index (χ3n) is 1.00. The number of methoxy groups -OCH3 is 1. The number of halogens is 1. The van der Waals surface area contributed by atoms with Gasteiger partial charge in [0.2, 0.25) is 0 Å². The van der Waals surface area contributed by atoms with Gasteiger partial charge in [-0.3, -0.25) is 0 Å². The molecule has 1 unspecified atom stereocenters. The lowest BCUT2D eigenvalue weighted by Gasteiger charge is -2.10. The summed E-state index contributed by atoms with van der Waals surface area (Å²) >= 11 is 2.35.